The lowest BCUT2D eigenvalue weighted by Gasteiger charge is -2.39. The molecule has 0 saturated carbocycles. The maximum absolute atomic E-state index is 5.43. The number of nitrogens with zero attached hydrogens (tertiary/aromatic N) is 1. The summed E-state index contributed by atoms with van der Waals surface area (Å²) in [6.07, 6.45) is 3.83. The summed E-state index contributed by atoms with van der Waals surface area (Å²) in [6, 6.07) is 0. The lowest BCUT2D eigenvalue weighted by molar-refractivity contribution is 0.00112. The predicted octanol–water partition coefficient (Wildman–Crippen LogP) is 2.17. The molecule has 78 valence electrons. The molecule has 2 nitrogen and oxygen atoms in total. The van der Waals surface area contributed by atoms with Gasteiger partial charge in [0.15, 0.2) is 0 Å². The Morgan fingerprint density at radius 1 is 1.31 bits per heavy atom. The second kappa shape index (κ2) is 5.51. The van der Waals surface area contributed by atoms with Crippen molar-refractivity contribution in [2.75, 3.05) is 38.3 Å². The molecule has 1 aliphatic heterocycles. The van der Waals surface area contributed by atoms with Crippen LogP contribution in [0.25, 0.3) is 0 Å². The van der Waals surface area contributed by atoms with E-state index >= 15 is 0 Å². The largest absolute Gasteiger partial charge is 0.381 e. The molecule has 0 aromatic carbocycles. The number of halogens is 1. The highest BCUT2D eigenvalue weighted by Gasteiger charge is 2.32. The third kappa shape index (κ3) is 3.72. The van der Waals surface area contributed by atoms with Crippen LogP contribution in [0, 0.1) is 5.41 Å². The van der Waals surface area contributed by atoms with E-state index in [1.807, 2.05) is 0 Å². The standard InChI is InChI=1S/C10H20INO/c1-12(2)9-10(3-6-11)4-7-13-8-5-10/h3-9H2,1-2H3. The Bertz CT molecular complexity index is 138. The third-order valence-electron chi connectivity index (χ3n) is 2.83. The highest BCUT2D eigenvalue weighted by molar-refractivity contribution is 14.1. The summed E-state index contributed by atoms with van der Waals surface area (Å²) >= 11 is 2.49. The molecule has 13 heavy (non-hydrogen) atoms. The van der Waals surface area contributed by atoms with E-state index in [9.17, 15) is 0 Å². The molecule has 1 rings (SSSR count). The zero-order valence-corrected chi connectivity index (χ0v) is 10.8. The first-order valence-electron chi connectivity index (χ1n) is 4.97. The van der Waals surface area contributed by atoms with Crippen molar-refractivity contribution in [3.63, 3.8) is 0 Å². The van der Waals surface area contributed by atoms with E-state index in [1.165, 1.54) is 30.2 Å². The Kier molecular flexibility index (Phi) is 4.97. The molecule has 1 saturated heterocycles. The quantitative estimate of drug-likeness (QED) is 0.582. The highest BCUT2D eigenvalue weighted by Crippen LogP contribution is 2.35. The molecule has 0 spiro atoms. The molecule has 0 radical (unpaired) electrons. The van der Waals surface area contributed by atoms with E-state index in [4.69, 9.17) is 4.74 Å². The molecule has 1 aliphatic rings. The van der Waals surface area contributed by atoms with Gasteiger partial charge in [0.1, 0.15) is 0 Å². The van der Waals surface area contributed by atoms with Gasteiger partial charge >= 0.3 is 0 Å². The van der Waals surface area contributed by atoms with Crippen molar-refractivity contribution < 1.29 is 4.74 Å². The van der Waals surface area contributed by atoms with Crippen LogP contribution in [0.15, 0.2) is 0 Å². The topological polar surface area (TPSA) is 12.5 Å². The maximum Gasteiger partial charge on any atom is 0.0471 e. The van der Waals surface area contributed by atoms with Crippen LogP contribution in [-0.4, -0.2) is 43.2 Å². The van der Waals surface area contributed by atoms with Gasteiger partial charge in [-0.3, -0.25) is 0 Å². The van der Waals surface area contributed by atoms with Crippen molar-refractivity contribution in [3.05, 3.63) is 0 Å². The van der Waals surface area contributed by atoms with Gasteiger partial charge in [-0.25, -0.2) is 0 Å². The van der Waals surface area contributed by atoms with Crippen LogP contribution in [0.1, 0.15) is 19.3 Å². The Hall–Kier alpha value is 0.650. The minimum Gasteiger partial charge on any atom is -0.381 e. The molecule has 1 heterocycles. The molecular weight excluding hydrogens is 277 g/mol. The van der Waals surface area contributed by atoms with Gasteiger partial charge in [0.2, 0.25) is 0 Å². The van der Waals surface area contributed by atoms with Crippen molar-refractivity contribution in [3.8, 4) is 0 Å². The van der Waals surface area contributed by atoms with E-state index < -0.39 is 0 Å². The summed E-state index contributed by atoms with van der Waals surface area (Å²) in [5.41, 5.74) is 0.545. The van der Waals surface area contributed by atoms with Gasteiger partial charge < -0.3 is 9.64 Å². The fraction of sp³-hybridized carbons (Fsp3) is 1.00. The molecule has 1 fully saturated rings. The number of ether oxygens (including phenoxy) is 1. The van der Waals surface area contributed by atoms with Crippen LogP contribution < -0.4 is 0 Å². The summed E-state index contributed by atoms with van der Waals surface area (Å²) in [4.78, 5) is 2.32. The molecule has 3 heteroatoms. The van der Waals surface area contributed by atoms with E-state index in [1.54, 1.807) is 0 Å². The normalized spacial score (nSPS) is 22.2. The van der Waals surface area contributed by atoms with Gasteiger partial charge in [-0.05, 0) is 38.8 Å². The van der Waals surface area contributed by atoms with Gasteiger partial charge in [0.05, 0.1) is 0 Å². The summed E-state index contributed by atoms with van der Waals surface area (Å²) in [5.74, 6) is 0. The summed E-state index contributed by atoms with van der Waals surface area (Å²) in [5, 5.41) is 0. The lowest BCUT2D eigenvalue weighted by Crippen LogP contribution is -2.39. The average molecular weight is 297 g/mol. The predicted molar refractivity (Wildman–Crippen MR) is 64.5 cm³/mol. The lowest BCUT2D eigenvalue weighted by atomic mass is 9.77. The molecule has 0 aromatic heterocycles. The molecule has 0 atom stereocenters. The molecule has 0 amide bonds. The minimum absolute atomic E-state index is 0.545. The SMILES string of the molecule is CN(C)CC1(CCI)CCOCC1. The first-order valence-corrected chi connectivity index (χ1v) is 6.50. The molecule has 0 N–H and O–H groups in total. The minimum atomic E-state index is 0.545. The van der Waals surface area contributed by atoms with Crippen molar-refractivity contribution >= 4 is 22.6 Å². The van der Waals surface area contributed by atoms with E-state index in [-0.39, 0.29) is 0 Å². The van der Waals surface area contributed by atoms with E-state index in [0.717, 1.165) is 13.2 Å². The van der Waals surface area contributed by atoms with Crippen LogP contribution in [-0.2, 0) is 4.74 Å². The Balaban J connectivity index is 2.50. The Morgan fingerprint density at radius 3 is 2.38 bits per heavy atom. The van der Waals surface area contributed by atoms with Crippen LogP contribution in [0.2, 0.25) is 0 Å². The zero-order chi connectivity index (χ0) is 9.73. The van der Waals surface area contributed by atoms with Crippen LogP contribution in [0.5, 0.6) is 0 Å². The van der Waals surface area contributed by atoms with Crippen molar-refractivity contribution in [1.82, 2.24) is 4.90 Å². The number of rotatable bonds is 4. The third-order valence-corrected chi connectivity index (χ3v) is 3.37. The van der Waals surface area contributed by atoms with Gasteiger partial charge in [-0.1, -0.05) is 22.6 Å². The van der Waals surface area contributed by atoms with Gasteiger partial charge in [0.25, 0.3) is 0 Å². The fourth-order valence-corrected chi connectivity index (χ4v) is 3.31. The molecule has 0 aliphatic carbocycles. The fourth-order valence-electron chi connectivity index (χ4n) is 2.16. The molecule has 0 unspecified atom stereocenters. The van der Waals surface area contributed by atoms with Gasteiger partial charge in [-0.15, -0.1) is 0 Å². The molecule has 0 aromatic rings. The van der Waals surface area contributed by atoms with Gasteiger partial charge in [0, 0.05) is 24.2 Å². The maximum atomic E-state index is 5.43. The van der Waals surface area contributed by atoms with Crippen LogP contribution in [0.4, 0.5) is 0 Å². The van der Waals surface area contributed by atoms with Gasteiger partial charge in [-0.2, -0.15) is 0 Å². The Labute approximate surface area is 95.2 Å². The second-order valence-corrected chi connectivity index (χ2v) is 5.37. The first-order chi connectivity index (χ1) is 6.18. The molecule has 0 bridgehead atoms. The van der Waals surface area contributed by atoms with E-state index in [2.05, 4.69) is 41.6 Å². The van der Waals surface area contributed by atoms with Crippen molar-refractivity contribution in [1.29, 1.82) is 0 Å². The summed E-state index contributed by atoms with van der Waals surface area (Å²) < 4.78 is 6.70. The Morgan fingerprint density at radius 2 is 1.92 bits per heavy atom. The monoisotopic (exact) mass is 297 g/mol. The zero-order valence-electron chi connectivity index (χ0n) is 8.68. The average Bonchev–Trinajstić information content (AvgIpc) is 2.04. The number of alkyl halides is 1. The van der Waals surface area contributed by atoms with Crippen LogP contribution >= 0.6 is 22.6 Å². The van der Waals surface area contributed by atoms with E-state index in [0.29, 0.717) is 5.41 Å². The highest BCUT2D eigenvalue weighted by atomic mass is 127. The van der Waals surface area contributed by atoms with Crippen molar-refractivity contribution in [2.24, 2.45) is 5.41 Å². The smallest absolute Gasteiger partial charge is 0.0471 e. The summed E-state index contributed by atoms with van der Waals surface area (Å²) in [7, 11) is 4.34. The number of hydrogen-bond acceptors (Lipinski definition) is 2. The first kappa shape index (κ1) is 11.7. The number of hydrogen-bond donors (Lipinski definition) is 0. The van der Waals surface area contributed by atoms with Crippen LogP contribution in [0.3, 0.4) is 0 Å². The summed E-state index contributed by atoms with van der Waals surface area (Å²) in [6.45, 7) is 3.15. The second-order valence-electron chi connectivity index (χ2n) is 4.29. The molecular formula is C10H20INO. The van der Waals surface area contributed by atoms with Crippen molar-refractivity contribution in [2.45, 2.75) is 19.3 Å².